The molecule has 0 saturated heterocycles. The van der Waals surface area contributed by atoms with Gasteiger partial charge in [-0.15, -0.1) is 0 Å². The summed E-state index contributed by atoms with van der Waals surface area (Å²) >= 11 is 0. The maximum absolute atomic E-state index is 14.4. The lowest BCUT2D eigenvalue weighted by molar-refractivity contribution is -0.377. The lowest BCUT2D eigenvalue weighted by atomic mass is 10.0. The number of carbonyl (C=O) groups excluding carboxylic acids is 1. The maximum atomic E-state index is 14.4. The van der Waals surface area contributed by atoms with Crippen LogP contribution in [0.15, 0.2) is 60.9 Å². The molecule has 1 amide bonds. The minimum atomic E-state index is -0.687. The number of benzene rings is 2. The van der Waals surface area contributed by atoms with Crippen LogP contribution in [0.5, 0.6) is 0 Å². The van der Waals surface area contributed by atoms with Gasteiger partial charge in [-0.2, -0.15) is 0 Å². The van der Waals surface area contributed by atoms with Gasteiger partial charge in [0.05, 0.1) is 11.1 Å². The van der Waals surface area contributed by atoms with Crippen molar-refractivity contribution in [3.8, 4) is 22.5 Å². The molecule has 0 unspecified atom stereocenters. The molecule has 1 N–H and O–H groups in total. The lowest BCUT2D eigenvalue weighted by Crippen LogP contribution is -2.34. The summed E-state index contributed by atoms with van der Waals surface area (Å²) in [5, 5.41) is 0.563. The predicted molar refractivity (Wildman–Crippen MR) is 122 cm³/mol. The summed E-state index contributed by atoms with van der Waals surface area (Å²) in [7, 11) is 1.57. The van der Waals surface area contributed by atoms with Gasteiger partial charge in [-0.1, -0.05) is 6.07 Å². The average molecular weight is 449 g/mol. The van der Waals surface area contributed by atoms with Crippen molar-refractivity contribution < 1.29 is 23.3 Å². The number of ether oxygens (including phenoxy) is 1. The SMILES string of the molecule is CN(C(=O)OC(C)(C)C)c1nc(-c2ccc[nH+]c2)nc2cc(-c3cc(F)ccc3F)ccc12. The molecule has 0 radical (unpaired) electrons. The number of amides is 1. The summed E-state index contributed by atoms with van der Waals surface area (Å²) in [6.45, 7) is 5.34. The van der Waals surface area contributed by atoms with Gasteiger partial charge >= 0.3 is 6.09 Å². The van der Waals surface area contributed by atoms with Crippen LogP contribution in [0.4, 0.5) is 19.4 Å². The second-order valence-electron chi connectivity index (χ2n) is 8.56. The molecule has 0 aliphatic carbocycles. The zero-order chi connectivity index (χ0) is 23.8. The standard InChI is InChI=1S/C25H22F2N4O2/c1-25(2,3)33-24(32)31(4)23-18-9-7-15(19-13-17(26)8-10-20(19)27)12-21(18)29-22(30-23)16-6-5-11-28-14-16/h5-14H,1-4H3/p+1. The number of fused-ring (bicyclic) bond motifs is 1. The number of nitrogens with one attached hydrogen (secondary N) is 1. The fourth-order valence-corrected chi connectivity index (χ4v) is 3.33. The lowest BCUT2D eigenvalue weighted by Gasteiger charge is -2.25. The fraction of sp³-hybridized carbons (Fsp3) is 0.200. The van der Waals surface area contributed by atoms with Gasteiger partial charge in [-0.3, -0.25) is 4.90 Å². The van der Waals surface area contributed by atoms with Crippen LogP contribution in [0.25, 0.3) is 33.4 Å². The third kappa shape index (κ3) is 4.79. The van der Waals surface area contributed by atoms with Crippen molar-refractivity contribution in [3.63, 3.8) is 0 Å². The highest BCUT2D eigenvalue weighted by Crippen LogP contribution is 2.32. The van der Waals surface area contributed by atoms with Gasteiger partial charge in [0, 0.05) is 24.1 Å². The van der Waals surface area contributed by atoms with Crippen molar-refractivity contribution in [1.29, 1.82) is 0 Å². The van der Waals surface area contributed by atoms with Crippen LogP contribution in [-0.4, -0.2) is 28.7 Å². The van der Waals surface area contributed by atoms with Gasteiger partial charge < -0.3 is 4.74 Å². The Balaban J connectivity index is 1.91. The van der Waals surface area contributed by atoms with E-state index in [0.29, 0.717) is 33.7 Å². The van der Waals surface area contributed by atoms with Crippen LogP contribution in [0.1, 0.15) is 20.8 Å². The largest absolute Gasteiger partial charge is 0.443 e. The molecule has 4 rings (SSSR count). The Morgan fingerprint density at radius 2 is 1.82 bits per heavy atom. The minimum absolute atomic E-state index is 0.118. The van der Waals surface area contributed by atoms with Crippen LogP contribution in [-0.2, 0) is 4.74 Å². The highest BCUT2D eigenvalue weighted by atomic mass is 19.1. The summed E-state index contributed by atoms with van der Waals surface area (Å²) in [5.74, 6) is -0.394. The van der Waals surface area contributed by atoms with E-state index in [2.05, 4.69) is 15.0 Å². The zero-order valence-corrected chi connectivity index (χ0v) is 18.7. The number of nitrogens with zero attached hydrogens (tertiary/aromatic N) is 3. The van der Waals surface area contributed by atoms with Crippen LogP contribution < -0.4 is 9.88 Å². The van der Waals surface area contributed by atoms with Crippen LogP contribution in [0.3, 0.4) is 0 Å². The third-order valence-corrected chi connectivity index (χ3v) is 4.87. The summed E-state index contributed by atoms with van der Waals surface area (Å²) in [6.07, 6.45) is 2.91. The molecule has 4 aromatic rings. The van der Waals surface area contributed by atoms with E-state index in [4.69, 9.17) is 4.74 Å². The molecule has 8 heteroatoms. The van der Waals surface area contributed by atoms with E-state index in [9.17, 15) is 13.6 Å². The Labute approximate surface area is 189 Å². The molecular weight excluding hydrogens is 426 g/mol. The Kier molecular flexibility index (Phi) is 5.76. The van der Waals surface area contributed by atoms with Crippen molar-refractivity contribution >= 4 is 22.8 Å². The fourth-order valence-electron chi connectivity index (χ4n) is 3.33. The van der Waals surface area contributed by atoms with E-state index in [1.54, 1.807) is 64.5 Å². The summed E-state index contributed by atoms with van der Waals surface area (Å²) in [5.41, 5.74) is 1.05. The van der Waals surface area contributed by atoms with Crippen LogP contribution >= 0.6 is 0 Å². The molecular formula is C25H23F2N4O2+. The molecule has 2 aromatic carbocycles. The zero-order valence-electron chi connectivity index (χ0n) is 18.7. The van der Waals surface area contributed by atoms with E-state index in [1.807, 2.05) is 6.07 Å². The molecule has 2 heterocycles. The van der Waals surface area contributed by atoms with Crippen molar-refractivity contribution in [2.45, 2.75) is 26.4 Å². The topological polar surface area (TPSA) is 69.5 Å². The van der Waals surface area contributed by atoms with Crippen LogP contribution in [0, 0.1) is 11.6 Å². The number of anilines is 1. The minimum Gasteiger partial charge on any atom is -0.443 e. The van der Waals surface area contributed by atoms with E-state index in [-0.39, 0.29) is 5.56 Å². The number of H-pyrrole nitrogens is 1. The monoisotopic (exact) mass is 449 g/mol. The van der Waals surface area contributed by atoms with Crippen molar-refractivity contribution in [3.05, 3.63) is 72.6 Å². The first-order valence-electron chi connectivity index (χ1n) is 10.3. The summed E-state index contributed by atoms with van der Waals surface area (Å²) in [6, 6.07) is 11.9. The second-order valence-corrected chi connectivity index (χ2v) is 8.56. The Hall–Kier alpha value is -3.94. The first-order valence-corrected chi connectivity index (χ1v) is 10.3. The number of aromatic amines is 1. The number of aromatic nitrogens is 3. The molecule has 168 valence electrons. The van der Waals surface area contributed by atoms with E-state index >= 15 is 0 Å². The number of halogens is 2. The van der Waals surface area contributed by atoms with Crippen molar-refractivity contribution in [2.24, 2.45) is 0 Å². The third-order valence-electron chi connectivity index (χ3n) is 4.87. The van der Waals surface area contributed by atoms with E-state index < -0.39 is 23.3 Å². The first kappa shape index (κ1) is 22.3. The van der Waals surface area contributed by atoms with Gasteiger partial charge in [0.25, 0.3) is 0 Å². The quantitative estimate of drug-likeness (QED) is 0.418. The Bertz CT molecular complexity index is 1340. The molecule has 0 fully saturated rings. The average Bonchev–Trinajstić information content (AvgIpc) is 2.78. The van der Waals surface area contributed by atoms with Gasteiger partial charge in [0.2, 0.25) is 0 Å². The maximum Gasteiger partial charge on any atom is 0.415 e. The summed E-state index contributed by atoms with van der Waals surface area (Å²) in [4.78, 5) is 26.3. The smallest absolute Gasteiger partial charge is 0.415 e. The Morgan fingerprint density at radius 1 is 1.03 bits per heavy atom. The molecule has 0 atom stereocenters. The summed E-state index contributed by atoms with van der Waals surface area (Å²) < 4.78 is 33.7. The first-order chi connectivity index (χ1) is 15.6. The van der Waals surface area contributed by atoms with E-state index in [0.717, 1.165) is 18.2 Å². The Morgan fingerprint density at radius 3 is 2.52 bits per heavy atom. The van der Waals surface area contributed by atoms with E-state index in [1.165, 1.54) is 4.90 Å². The molecule has 0 bridgehead atoms. The van der Waals surface area contributed by atoms with Gasteiger partial charge in [0.15, 0.2) is 18.2 Å². The molecule has 6 nitrogen and oxygen atoms in total. The highest BCUT2D eigenvalue weighted by molar-refractivity contribution is 6.00. The normalized spacial score (nSPS) is 11.5. The number of hydrogen-bond acceptors (Lipinski definition) is 4. The highest BCUT2D eigenvalue weighted by Gasteiger charge is 2.24. The molecule has 33 heavy (non-hydrogen) atoms. The molecule has 0 aliphatic heterocycles. The number of pyridine rings is 1. The van der Waals surface area contributed by atoms with Gasteiger partial charge in [-0.05, 0) is 62.7 Å². The van der Waals surface area contributed by atoms with Gasteiger partial charge in [0.1, 0.15) is 23.1 Å². The molecule has 2 aromatic heterocycles. The molecule has 0 spiro atoms. The van der Waals surface area contributed by atoms with Crippen molar-refractivity contribution in [1.82, 2.24) is 9.97 Å². The molecule has 0 aliphatic rings. The number of rotatable bonds is 3. The predicted octanol–water partition coefficient (Wildman–Crippen LogP) is 5.43. The second kappa shape index (κ2) is 8.54. The van der Waals surface area contributed by atoms with Gasteiger partial charge in [-0.25, -0.2) is 28.5 Å². The van der Waals surface area contributed by atoms with Crippen LogP contribution in [0.2, 0.25) is 0 Å². The molecule has 0 saturated carbocycles. The van der Waals surface area contributed by atoms with Crippen molar-refractivity contribution in [2.75, 3.05) is 11.9 Å². The number of carbonyl (C=O) groups is 1. The number of hydrogen-bond donors (Lipinski definition) is 0.